The van der Waals surface area contributed by atoms with Crippen LogP contribution in [0.4, 0.5) is 5.69 Å². The Morgan fingerprint density at radius 1 is 1.21 bits per heavy atom. The van der Waals surface area contributed by atoms with Crippen molar-refractivity contribution in [3.05, 3.63) is 53.0 Å². The Labute approximate surface area is 170 Å². The van der Waals surface area contributed by atoms with E-state index in [1.54, 1.807) is 4.52 Å². The second-order valence-corrected chi connectivity index (χ2v) is 8.42. The summed E-state index contributed by atoms with van der Waals surface area (Å²) in [6, 6.07) is 9.72. The van der Waals surface area contributed by atoms with Crippen LogP contribution in [0.25, 0.3) is 21.9 Å². The highest BCUT2D eigenvalue weighted by Crippen LogP contribution is 2.37. The molecule has 150 valence electrons. The van der Waals surface area contributed by atoms with Gasteiger partial charge in [0.1, 0.15) is 11.7 Å². The molecule has 0 saturated heterocycles. The molecule has 0 bridgehead atoms. The molecule has 1 aliphatic rings. The lowest BCUT2D eigenvalue weighted by molar-refractivity contribution is -0.0249. The standard InChI is InChI=1S/C23H26N4O2/c1-13-11-14(2)20(15(3)12-13)29-23(28)18-19(24-5)16(4)27-22(18)25-21(26-27)17-9-7-6-8-10-17/h6-10,13-15,20H,11-12H2,1-4H3,(H,25,26). The molecule has 0 radical (unpaired) electrons. The number of aromatic amines is 1. The highest BCUT2D eigenvalue weighted by atomic mass is 16.5. The van der Waals surface area contributed by atoms with E-state index in [9.17, 15) is 4.79 Å². The largest absolute Gasteiger partial charge is 0.459 e. The van der Waals surface area contributed by atoms with Crippen molar-refractivity contribution in [2.45, 2.75) is 46.6 Å². The van der Waals surface area contributed by atoms with Crippen LogP contribution < -0.4 is 0 Å². The monoisotopic (exact) mass is 390 g/mol. The summed E-state index contributed by atoms with van der Waals surface area (Å²) in [6.07, 6.45) is 1.95. The molecule has 1 aromatic carbocycles. The van der Waals surface area contributed by atoms with Gasteiger partial charge in [-0.3, -0.25) is 9.61 Å². The average Bonchev–Trinajstić information content (AvgIpc) is 3.23. The Balaban J connectivity index is 1.73. The summed E-state index contributed by atoms with van der Waals surface area (Å²) >= 11 is 0. The Hall–Kier alpha value is -3.07. The van der Waals surface area contributed by atoms with E-state index in [1.807, 2.05) is 37.3 Å². The van der Waals surface area contributed by atoms with E-state index in [0.29, 0.717) is 40.6 Å². The normalized spacial score (nSPS) is 24.4. The Kier molecular flexibility index (Phi) is 4.91. The van der Waals surface area contributed by atoms with Gasteiger partial charge < -0.3 is 4.74 Å². The first-order valence-corrected chi connectivity index (χ1v) is 10.2. The summed E-state index contributed by atoms with van der Waals surface area (Å²) in [6.45, 7) is 15.9. The van der Waals surface area contributed by atoms with Gasteiger partial charge in [-0.25, -0.2) is 14.6 Å². The Morgan fingerprint density at radius 2 is 1.86 bits per heavy atom. The maximum atomic E-state index is 13.2. The number of benzene rings is 1. The molecule has 2 heterocycles. The molecule has 0 amide bonds. The van der Waals surface area contributed by atoms with Crippen molar-refractivity contribution in [2.24, 2.45) is 17.8 Å². The van der Waals surface area contributed by atoms with E-state index < -0.39 is 5.97 Å². The number of fused-ring (bicyclic) bond motifs is 1. The van der Waals surface area contributed by atoms with Crippen LogP contribution in [0.15, 0.2) is 30.3 Å². The molecule has 1 N–H and O–H groups in total. The van der Waals surface area contributed by atoms with Gasteiger partial charge in [0.05, 0.1) is 6.57 Å². The van der Waals surface area contributed by atoms with Crippen LogP contribution in [0.2, 0.25) is 0 Å². The number of nitrogens with one attached hydrogen (secondary N) is 1. The molecule has 2 atom stereocenters. The number of rotatable bonds is 3. The van der Waals surface area contributed by atoms with Crippen molar-refractivity contribution in [1.29, 1.82) is 0 Å². The summed E-state index contributed by atoms with van der Waals surface area (Å²) in [4.78, 5) is 21.5. The Bertz CT molecular complexity index is 1080. The van der Waals surface area contributed by atoms with Crippen LogP contribution in [-0.2, 0) is 4.74 Å². The van der Waals surface area contributed by atoms with Crippen LogP contribution in [0, 0.1) is 31.2 Å². The summed E-state index contributed by atoms with van der Waals surface area (Å²) < 4.78 is 7.69. The topological polar surface area (TPSA) is 63.8 Å². The predicted octanol–water partition coefficient (Wildman–Crippen LogP) is 5.42. The molecule has 29 heavy (non-hydrogen) atoms. The third-order valence-corrected chi connectivity index (χ3v) is 6.06. The molecule has 1 saturated carbocycles. The van der Waals surface area contributed by atoms with Gasteiger partial charge in [-0.2, -0.15) is 0 Å². The zero-order valence-corrected chi connectivity index (χ0v) is 17.3. The van der Waals surface area contributed by atoms with Crippen LogP contribution in [0.1, 0.15) is 49.7 Å². The summed E-state index contributed by atoms with van der Waals surface area (Å²) in [7, 11) is 0. The van der Waals surface area contributed by atoms with Crippen molar-refractivity contribution in [3.8, 4) is 11.4 Å². The molecule has 1 fully saturated rings. The van der Waals surface area contributed by atoms with E-state index in [0.717, 1.165) is 18.4 Å². The number of hydrogen-bond acceptors (Lipinski definition) is 3. The SMILES string of the molecule is [C-]#[N+]c1c(C(=O)OC2C(C)CC(C)CC2C)c2nc(-c3ccccc3)[nH]n2c1C. The molecule has 4 rings (SSSR count). The van der Waals surface area contributed by atoms with Gasteiger partial charge in [0.15, 0.2) is 11.5 Å². The third-order valence-electron chi connectivity index (χ3n) is 6.06. The van der Waals surface area contributed by atoms with Gasteiger partial charge in [0.25, 0.3) is 0 Å². The van der Waals surface area contributed by atoms with Crippen LogP contribution >= 0.6 is 0 Å². The fourth-order valence-corrected chi connectivity index (χ4v) is 4.80. The second kappa shape index (κ2) is 7.40. The minimum absolute atomic E-state index is 0.139. The smallest absolute Gasteiger partial charge is 0.331 e. The van der Waals surface area contributed by atoms with Gasteiger partial charge in [0, 0.05) is 11.3 Å². The van der Waals surface area contributed by atoms with Crippen LogP contribution in [0.5, 0.6) is 0 Å². The number of nitrogens with zero attached hydrogens (tertiary/aromatic N) is 3. The average molecular weight is 390 g/mol. The number of hydrogen-bond donors (Lipinski definition) is 1. The van der Waals surface area contributed by atoms with Crippen LogP contribution in [-0.4, -0.2) is 26.7 Å². The molecule has 1 aliphatic carbocycles. The third kappa shape index (κ3) is 3.31. The van der Waals surface area contributed by atoms with Crippen molar-refractivity contribution < 1.29 is 9.53 Å². The number of carbonyl (C=O) groups excluding carboxylic acids is 1. The lowest BCUT2D eigenvalue weighted by Crippen LogP contribution is -2.37. The fourth-order valence-electron chi connectivity index (χ4n) is 4.80. The van der Waals surface area contributed by atoms with Gasteiger partial charge in [-0.05, 0) is 37.5 Å². The molecule has 6 heteroatoms. The molecular weight excluding hydrogens is 364 g/mol. The van der Waals surface area contributed by atoms with Gasteiger partial charge in [-0.1, -0.05) is 51.1 Å². The van der Waals surface area contributed by atoms with E-state index in [4.69, 9.17) is 11.3 Å². The summed E-state index contributed by atoms with van der Waals surface area (Å²) in [5, 5.41) is 3.21. The van der Waals surface area contributed by atoms with Crippen molar-refractivity contribution >= 4 is 17.3 Å². The summed E-state index contributed by atoms with van der Waals surface area (Å²) in [5.74, 6) is 1.44. The zero-order valence-electron chi connectivity index (χ0n) is 17.3. The lowest BCUT2D eigenvalue weighted by atomic mass is 9.75. The quantitative estimate of drug-likeness (QED) is 0.480. The minimum atomic E-state index is -0.453. The number of esters is 1. The number of carbonyl (C=O) groups is 1. The second-order valence-electron chi connectivity index (χ2n) is 8.42. The van der Waals surface area contributed by atoms with E-state index >= 15 is 0 Å². The maximum absolute atomic E-state index is 13.2. The molecule has 3 aromatic rings. The van der Waals surface area contributed by atoms with E-state index in [1.165, 1.54) is 0 Å². The van der Waals surface area contributed by atoms with Gasteiger partial charge >= 0.3 is 5.97 Å². The molecule has 0 aliphatic heterocycles. The van der Waals surface area contributed by atoms with Gasteiger partial charge in [-0.15, -0.1) is 0 Å². The first-order valence-electron chi connectivity index (χ1n) is 10.2. The number of H-pyrrole nitrogens is 1. The van der Waals surface area contributed by atoms with Crippen molar-refractivity contribution in [3.63, 3.8) is 0 Å². The maximum Gasteiger partial charge on any atom is 0.331 e. The highest BCUT2D eigenvalue weighted by Gasteiger charge is 2.36. The Morgan fingerprint density at radius 3 is 2.48 bits per heavy atom. The van der Waals surface area contributed by atoms with Gasteiger partial charge in [0.2, 0.25) is 5.69 Å². The summed E-state index contributed by atoms with van der Waals surface area (Å²) in [5.41, 5.74) is 2.59. The van der Waals surface area contributed by atoms with Crippen molar-refractivity contribution in [1.82, 2.24) is 14.6 Å². The number of aromatic nitrogens is 3. The molecule has 2 unspecified atom stereocenters. The first kappa shape index (κ1) is 19.3. The van der Waals surface area contributed by atoms with E-state index in [-0.39, 0.29) is 11.7 Å². The number of ether oxygens (including phenoxy) is 1. The predicted molar refractivity (Wildman–Crippen MR) is 112 cm³/mol. The van der Waals surface area contributed by atoms with Crippen molar-refractivity contribution in [2.75, 3.05) is 0 Å². The molecule has 6 nitrogen and oxygen atoms in total. The first-order chi connectivity index (χ1) is 13.9. The van der Waals surface area contributed by atoms with Crippen LogP contribution in [0.3, 0.4) is 0 Å². The minimum Gasteiger partial charge on any atom is -0.459 e. The lowest BCUT2D eigenvalue weighted by Gasteiger charge is -2.37. The number of aryl methyl sites for hydroxylation is 1. The molecule has 0 spiro atoms. The molecule has 2 aromatic heterocycles. The molecular formula is C23H26N4O2. The highest BCUT2D eigenvalue weighted by molar-refractivity contribution is 6.04. The van der Waals surface area contributed by atoms with E-state index in [2.05, 4.69) is 35.7 Å². The fraction of sp³-hybridized carbons (Fsp3) is 0.435. The zero-order chi connectivity index (χ0) is 20.7.